The first-order valence-corrected chi connectivity index (χ1v) is 9.32. The maximum absolute atomic E-state index is 6.14. The maximum Gasteiger partial charge on any atom is 0.128 e. The number of H-pyrrole nitrogens is 1. The lowest BCUT2D eigenvalue weighted by Gasteiger charge is -2.09. The molecule has 3 aromatic rings. The van der Waals surface area contributed by atoms with Crippen molar-refractivity contribution in [2.24, 2.45) is 10.7 Å². The number of unbranched alkanes of at least 4 members (excludes halogenated alkanes) is 2. The van der Waals surface area contributed by atoms with E-state index in [4.69, 9.17) is 23.7 Å². The lowest BCUT2D eigenvalue weighted by molar-refractivity contribution is 0.842. The number of benzene rings is 2. The van der Waals surface area contributed by atoms with Gasteiger partial charge in [0, 0.05) is 23.7 Å². The minimum absolute atomic E-state index is 0.510. The van der Waals surface area contributed by atoms with E-state index >= 15 is 0 Å². The van der Waals surface area contributed by atoms with E-state index < -0.39 is 0 Å². The zero-order valence-corrected chi connectivity index (χ0v) is 15.8. The minimum Gasteiger partial charge on any atom is -0.383 e. The van der Waals surface area contributed by atoms with Crippen LogP contribution in [-0.4, -0.2) is 11.2 Å². The summed E-state index contributed by atoms with van der Waals surface area (Å²) in [4.78, 5) is 7.74. The molecular weight excluding hydrogens is 340 g/mol. The van der Waals surface area contributed by atoms with Crippen LogP contribution in [0.1, 0.15) is 31.7 Å². The smallest absolute Gasteiger partial charge is 0.128 e. The van der Waals surface area contributed by atoms with Gasteiger partial charge in [-0.15, -0.1) is 0 Å². The monoisotopic (exact) mass is 364 g/mol. The van der Waals surface area contributed by atoms with E-state index in [0.29, 0.717) is 22.6 Å². The molecule has 5 N–H and O–H groups in total. The first-order chi connectivity index (χ1) is 12.6. The van der Waals surface area contributed by atoms with Crippen molar-refractivity contribution in [2.75, 3.05) is 5.73 Å². The van der Waals surface area contributed by atoms with Crippen molar-refractivity contribution in [3.63, 3.8) is 0 Å². The van der Waals surface area contributed by atoms with Crippen molar-refractivity contribution >= 4 is 40.8 Å². The van der Waals surface area contributed by atoms with Crippen molar-refractivity contribution in [3.05, 3.63) is 52.5 Å². The SMILES string of the molecule is CCCCC=Nc1c(N)[nH]c2ccc(-c3ccc(CN)cc3)cc2c1=S. The Kier molecular flexibility index (Phi) is 5.81. The number of pyridine rings is 1. The molecule has 2 aromatic carbocycles. The molecule has 0 fully saturated rings. The Bertz CT molecular complexity index is 987. The molecule has 0 aliphatic heterocycles. The van der Waals surface area contributed by atoms with Gasteiger partial charge in [-0.25, -0.2) is 0 Å². The number of aromatic amines is 1. The van der Waals surface area contributed by atoms with E-state index in [1.54, 1.807) is 0 Å². The van der Waals surface area contributed by atoms with Crippen LogP contribution in [0.15, 0.2) is 47.5 Å². The number of hydrogen-bond acceptors (Lipinski definition) is 4. The first-order valence-electron chi connectivity index (χ1n) is 8.91. The zero-order chi connectivity index (χ0) is 18.5. The minimum atomic E-state index is 0.510. The summed E-state index contributed by atoms with van der Waals surface area (Å²) in [5.74, 6) is 0.510. The van der Waals surface area contributed by atoms with Gasteiger partial charge in [0.25, 0.3) is 0 Å². The van der Waals surface area contributed by atoms with Crippen molar-refractivity contribution in [1.82, 2.24) is 4.98 Å². The zero-order valence-electron chi connectivity index (χ0n) is 15.0. The second-order valence-electron chi connectivity index (χ2n) is 6.33. The summed E-state index contributed by atoms with van der Waals surface area (Å²) < 4.78 is 0.685. The van der Waals surface area contributed by atoms with Crippen molar-refractivity contribution in [3.8, 4) is 11.1 Å². The van der Waals surface area contributed by atoms with Crippen LogP contribution in [0.2, 0.25) is 0 Å². The number of aliphatic imine (C=N–C) groups is 1. The van der Waals surface area contributed by atoms with Gasteiger partial charge >= 0.3 is 0 Å². The quantitative estimate of drug-likeness (QED) is 0.307. The van der Waals surface area contributed by atoms with E-state index in [1.807, 2.05) is 24.4 Å². The van der Waals surface area contributed by atoms with Gasteiger partial charge in [-0.1, -0.05) is 55.9 Å². The molecule has 0 amide bonds. The molecule has 5 heteroatoms. The molecule has 3 rings (SSSR count). The van der Waals surface area contributed by atoms with E-state index in [9.17, 15) is 0 Å². The number of nitrogens with one attached hydrogen (secondary N) is 1. The summed E-state index contributed by atoms with van der Waals surface area (Å²) in [6.07, 6.45) is 5.07. The molecule has 0 aliphatic carbocycles. The van der Waals surface area contributed by atoms with Crippen molar-refractivity contribution in [1.29, 1.82) is 0 Å². The van der Waals surface area contributed by atoms with Crippen LogP contribution < -0.4 is 11.5 Å². The highest BCUT2D eigenvalue weighted by Gasteiger charge is 2.08. The second kappa shape index (κ2) is 8.25. The Hall–Kier alpha value is -2.50. The molecule has 0 spiro atoms. The van der Waals surface area contributed by atoms with Gasteiger partial charge in [-0.3, -0.25) is 4.99 Å². The van der Waals surface area contributed by atoms with Crippen LogP contribution >= 0.6 is 12.2 Å². The molecular formula is C21H24N4S. The van der Waals surface area contributed by atoms with Crippen molar-refractivity contribution in [2.45, 2.75) is 32.7 Å². The van der Waals surface area contributed by atoms with Crippen molar-refractivity contribution < 1.29 is 0 Å². The summed E-state index contributed by atoms with van der Waals surface area (Å²) in [6.45, 7) is 2.70. The van der Waals surface area contributed by atoms with Gasteiger partial charge in [0.1, 0.15) is 11.5 Å². The second-order valence-corrected chi connectivity index (χ2v) is 6.74. The van der Waals surface area contributed by atoms with E-state index in [2.05, 4.69) is 41.2 Å². The van der Waals surface area contributed by atoms with Crippen LogP contribution in [0.3, 0.4) is 0 Å². The van der Waals surface area contributed by atoms with Gasteiger partial charge in [0.15, 0.2) is 0 Å². The highest BCUT2D eigenvalue weighted by Crippen LogP contribution is 2.31. The van der Waals surface area contributed by atoms with Crippen LogP contribution in [0.4, 0.5) is 11.5 Å². The van der Waals surface area contributed by atoms with Crippen LogP contribution in [0, 0.1) is 4.51 Å². The molecule has 26 heavy (non-hydrogen) atoms. The van der Waals surface area contributed by atoms with E-state index in [0.717, 1.165) is 46.9 Å². The molecule has 1 aromatic heterocycles. The third kappa shape index (κ3) is 3.84. The molecule has 0 radical (unpaired) electrons. The molecule has 0 aliphatic rings. The number of fused-ring (bicyclic) bond motifs is 1. The average Bonchev–Trinajstić information content (AvgIpc) is 2.67. The van der Waals surface area contributed by atoms with Gasteiger partial charge < -0.3 is 16.5 Å². The molecule has 0 atom stereocenters. The van der Waals surface area contributed by atoms with Crippen LogP contribution in [0.5, 0.6) is 0 Å². The Balaban J connectivity index is 2.04. The molecule has 134 valence electrons. The van der Waals surface area contributed by atoms with Gasteiger partial charge in [-0.05, 0) is 41.7 Å². The standard InChI is InChI=1S/C21H24N4S/c1-2-3-4-11-24-19-20(26)17-12-16(9-10-18(17)25-21(19)23)15-7-5-14(13-22)6-8-15/h5-12H,2-4,13,22H2,1H3,(H3,23,25,26). The number of hydrogen-bond donors (Lipinski definition) is 3. The van der Waals surface area contributed by atoms with Gasteiger partial charge in [0.05, 0.1) is 4.51 Å². The first kappa shape index (κ1) is 18.3. The third-order valence-electron chi connectivity index (χ3n) is 4.43. The number of nitrogen functional groups attached to an aromatic ring is 1. The molecule has 0 bridgehead atoms. The lowest BCUT2D eigenvalue weighted by atomic mass is 10.0. The summed E-state index contributed by atoms with van der Waals surface area (Å²) in [5.41, 5.74) is 16.7. The predicted molar refractivity (Wildman–Crippen MR) is 115 cm³/mol. The summed E-state index contributed by atoms with van der Waals surface area (Å²) in [7, 11) is 0. The topological polar surface area (TPSA) is 80.2 Å². The summed E-state index contributed by atoms with van der Waals surface area (Å²) >= 11 is 5.68. The maximum atomic E-state index is 6.14. The fraction of sp³-hybridized carbons (Fsp3) is 0.238. The molecule has 4 nitrogen and oxygen atoms in total. The molecule has 0 unspecified atom stereocenters. The average molecular weight is 365 g/mol. The van der Waals surface area contributed by atoms with Crippen LogP contribution in [-0.2, 0) is 6.54 Å². The fourth-order valence-corrected chi connectivity index (χ4v) is 3.22. The summed E-state index contributed by atoms with van der Waals surface area (Å²) in [5, 5.41) is 0.956. The molecule has 0 saturated heterocycles. The largest absolute Gasteiger partial charge is 0.383 e. The Labute approximate surface area is 159 Å². The number of aromatic nitrogens is 1. The Morgan fingerprint density at radius 1 is 1.12 bits per heavy atom. The molecule has 1 heterocycles. The fourth-order valence-electron chi connectivity index (χ4n) is 2.89. The molecule has 0 saturated carbocycles. The highest BCUT2D eigenvalue weighted by molar-refractivity contribution is 7.72. The van der Waals surface area contributed by atoms with E-state index in [-0.39, 0.29) is 0 Å². The van der Waals surface area contributed by atoms with Crippen LogP contribution in [0.25, 0.3) is 22.0 Å². The Morgan fingerprint density at radius 2 is 1.85 bits per heavy atom. The number of anilines is 1. The van der Waals surface area contributed by atoms with Gasteiger partial charge in [-0.2, -0.15) is 0 Å². The predicted octanol–water partition coefficient (Wildman–Crippen LogP) is 5.50. The third-order valence-corrected chi connectivity index (χ3v) is 4.85. The normalized spacial score (nSPS) is 11.5. The van der Waals surface area contributed by atoms with E-state index in [1.165, 1.54) is 0 Å². The Morgan fingerprint density at radius 3 is 2.54 bits per heavy atom. The van der Waals surface area contributed by atoms with Gasteiger partial charge in [0.2, 0.25) is 0 Å². The highest BCUT2D eigenvalue weighted by atomic mass is 32.1. The summed E-state index contributed by atoms with van der Waals surface area (Å²) in [6, 6.07) is 14.4. The lowest BCUT2D eigenvalue weighted by Crippen LogP contribution is -1.95. The number of rotatable bonds is 6. The number of nitrogens with zero attached hydrogens (tertiary/aromatic N) is 1. The number of nitrogens with two attached hydrogens (primary N) is 2.